The van der Waals surface area contributed by atoms with Crippen molar-refractivity contribution in [2.75, 3.05) is 0 Å². The van der Waals surface area contributed by atoms with Gasteiger partial charge in [0.15, 0.2) is 11.6 Å². The largest absolute Gasteiger partial charge is 0.242 e. The molecule has 0 aromatic heterocycles. The first-order chi connectivity index (χ1) is 8.66. The summed E-state index contributed by atoms with van der Waals surface area (Å²) in [4.78, 5) is 0. The van der Waals surface area contributed by atoms with E-state index in [0.717, 1.165) is 6.07 Å². The number of halogens is 2. The molecule has 1 N–H and O–H groups in total. The van der Waals surface area contributed by atoms with Crippen LogP contribution in [0.5, 0.6) is 0 Å². The third-order valence-corrected chi connectivity index (χ3v) is 4.17. The number of nitrogens with one attached hydrogen (secondary N) is 1. The Hall–Kier alpha value is -1.32. The van der Waals surface area contributed by atoms with Crippen molar-refractivity contribution in [1.82, 2.24) is 4.72 Å². The molecule has 0 aliphatic heterocycles. The van der Waals surface area contributed by atoms with E-state index in [9.17, 15) is 13.0 Å². The molecule has 0 aliphatic rings. The Kier molecular flexibility index (Phi) is 4.77. The van der Waals surface area contributed by atoms with Crippen molar-refractivity contribution < 1.29 is 13.0 Å². The molecule has 0 amide bonds. The Labute approximate surface area is 114 Å². The molecule has 6 heteroatoms. The maximum Gasteiger partial charge on any atom is 0.163 e. The van der Waals surface area contributed by atoms with E-state index in [-0.39, 0.29) is 11.1 Å². The van der Waals surface area contributed by atoms with Gasteiger partial charge in [-0.2, -0.15) is 5.26 Å². The molecule has 3 nitrogen and oxygen atoms in total. The zero-order chi connectivity index (χ0) is 14.8. The van der Waals surface area contributed by atoms with Gasteiger partial charge in [-0.15, -0.1) is 0 Å². The second kappa shape index (κ2) is 5.76. The number of nitriles is 1. The van der Waals surface area contributed by atoms with Crippen LogP contribution in [0.3, 0.4) is 0 Å². The van der Waals surface area contributed by atoms with Crippen LogP contribution < -0.4 is 4.72 Å². The minimum absolute atomic E-state index is 0.00542. The lowest BCUT2D eigenvalue weighted by Gasteiger charge is -2.22. The van der Waals surface area contributed by atoms with Crippen LogP contribution in [0.2, 0.25) is 0 Å². The Morgan fingerprint density at radius 2 is 1.95 bits per heavy atom. The summed E-state index contributed by atoms with van der Waals surface area (Å²) in [7, 11) is -1.41. The standard InChI is InChI=1S/C13H16F2N2OS/c1-8(17-19(18)13(2,3)4)10-5-9(7-16)6-11(14)12(10)15/h5-6,8,17H,1-4H3/t8-,19+/m1/s1. The molecular weight excluding hydrogens is 270 g/mol. The molecule has 0 unspecified atom stereocenters. The van der Waals surface area contributed by atoms with E-state index in [1.54, 1.807) is 33.8 Å². The number of rotatable bonds is 3. The lowest BCUT2D eigenvalue weighted by molar-refractivity contribution is 0.487. The van der Waals surface area contributed by atoms with Gasteiger partial charge in [0, 0.05) is 11.6 Å². The van der Waals surface area contributed by atoms with Crippen LogP contribution in [0.4, 0.5) is 8.78 Å². The fourth-order valence-corrected chi connectivity index (χ4v) is 2.19. The molecule has 1 aromatic carbocycles. The Morgan fingerprint density at radius 3 is 2.42 bits per heavy atom. The van der Waals surface area contributed by atoms with Gasteiger partial charge in [-0.1, -0.05) is 0 Å². The van der Waals surface area contributed by atoms with E-state index in [2.05, 4.69) is 4.72 Å². The first kappa shape index (κ1) is 15.7. The minimum atomic E-state index is -1.41. The first-order valence-electron chi connectivity index (χ1n) is 5.74. The summed E-state index contributed by atoms with van der Waals surface area (Å²) < 4.78 is 41.1. The molecule has 0 heterocycles. The summed E-state index contributed by atoms with van der Waals surface area (Å²) in [5.74, 6) is -2.10. The fraction of sp³-hybridized carbons (Fsp3) is 0.462. The van der Waals surface area contributed by atoms with Crippen LogP contribution in [0.15, 0.2) is 12.1 Å². The molecular formula is C13H16F2N2OS. The molecule has 0 saturated carbocycles. The van der Waals surface area contributed by atoms with Gasteiger partial charge < -0.3 is 0 Å². The van der Waals surface area contributed by atoms with Crippen LogP contribution in [0.1, 0.15) is 44.9 Å². The van der Waals surface area contributed by atoms with Crippen LogP contribution in [0, 0.1) is 23.0 Å². The molecule has 2 atom stereocenters. The fourth-order valence-electron chi connectivity index (χ4n) is 1.39. The number of nitrogens with zero attached hydrogens (tertiary/aromatic N) is 1. The van der Waals surface area contributed by atoms with Crippen molar-refractivity contribution in [3.05, 3.63) is 34.9 Å². The second-order valence-corrected chi connectivity index (χ2v) is 7.19. The highest BCUT2D eigenvalue weighted by molar-refractivity contribution is 7.84. The summed E-state index contributed by atoms with van der Waals surface area (Å²) in [5, 5.41) is 8.75. The average Bonchev–Trinajstić information content (AvgIpc) is 2.30. The zero-order valence-corrected chi connectivity index (χ0v) is 12.1. The van der Waals surface area contributed by atoms with Gasteiger partial charge in [-0.25, -0.2) is 17.7 Å². The number of benzene rings is 1. The van der Waals surface area contributed by atoms with E-state index in [4.69, 9.17) is 5.26 Å². The summed E-state index contributed by atoms with van der Waals surface area (Å²) >= 11 is 0. The van der Waals surface area contributed by atoms with E-state index < -0.39 is 33.4 Å². The number of hydrogen-bond acceptors (Lipinski definition) is 2. The molecule has 1 aromatic rings. The SMILES string of the molecule is C[C@@H](N[S@@](=O)C(C)(C)C)c1cc(C#N)cc(F)c1F. The highest BCUT2D eigenvalue weighted by Gasteiger charge is 2.24. The van der Waals surface area contributed by atoms with Crippen molar-refractivity contribution in [1.29, 1.82) is 5.26 Å². The van der Waals surface area contributed by atoms with Crippen molar-refractivity contribution >= 4 is 11.0 Å². The van der Waals surface area contributed by atoms with Gasteiger partial charge in [0.05, 0.1) is 27.4 Å². The third-order valence-electron chi connectivity index (χ3n) is 2.49. The lowest BCUT2D eigenvalue weighted by atomic mass is 10.1. The van der Waals surface area contributed by atoms with Gasteiger partial charge in [-0.05, 0) is 39.8 Å². The first-order valence-corrected chi connectivity index (χ1v) is 6.89. The maximum atomic E-state index is 13.7. The molecule has 19 heavy (non-hydrogen) atoms. The molecule has 0 saturated heterocycles. The highest BCUT2D eigenvalue weighted by Crippen LogP contribution is 2.23. The van der Waals surface area contributed by atoms with Crippen molar-refractivity contribution in [3.8, 4) is 6.07 Å². The zero-order valence-electron chi connectivity index (χ0n) is 11.3. The van der Waals surface area contributed by atoms with Crippen LogP contribution in [-0.4, -0.2) is 8.96 Å². The maximum absolute atomic E-state index is 13.7. The summed E-state index contributed by atoms with van der Waals surface area (Å²) in [5.41, 5.74) is 0.0261. The van der Waals surface area contributed by atoms with Gasteiger partial charge in [0.25, 0.3) is 0 Å². The molecule has 104 valence electrons. The summed E-state index contributed by atoms with van der Waals surface area (Å²) in [6.07, 6.45) is 0. The molecule has 1 rings (SSSR count). The van der Waals surface area contributed by atoms with Crippen molar-refractivity contribution in [3.63, 3.8) is 0 Å². The lowest BCUT2D eigenvalue weighted by Crippen LogP contribution is -2.35. The smallest absolute Gasteiger partial charge is 0.163 e. The average molecular weight is 286 g/mol. The monoisotopic (exact) mass is 286 g/mol. The molecule has 0 aliphatic carbocycles. The van der Waals surface area contributed by atoms with Crippen LogP contribution >= 0.6 is 0 Å². The van der Waals surface area contributed by atoms with Crippen LogP contribution in [-0.2, 0) is 11.0 Å². The van der Waals surface area contributed by atoms with E-state index in [1.165, 1.54) is 6.07 Å². The van der Waals surface area contributed by atoms with Crippen molar-refractivity contribution in [2.24, 2.45) is 0 Å². The predicted molar refractivity (Wildman–Crippen MR) is 70.5 cm³/mol. The van der Waals surface area contributed by atoms with Gasteiger partial charge >= 0.3 is 0 Å². The normalized spacial score (nSPS) is 14.8. The summed E-state index contributed by atoms with van der Waals surface area (Å²) in [6.45, 7) is 6.88. The van der Waals surface area contributed by atoms with E-state index in [1.807, 2.05) is 0 Å². The topological polar surface area (TPSA) is 52.9 Å². The molecule has 0 spiro atoms. The van der Waals surface area contributed by atoms with Gasteiger partial charge in [-0.3, -0.25) is 0 Å². The Balaban J connectivity index is 3.07. The molecule has 0 bridgehead atoms. The van der Waals surface area contributed by atoms with E-state index in [0.29, 0.717) is 0 Å². The third kappa shape index (κ3) is 3.82. The molecule has 0 fully saturated rings. The Bertz CT molecular complexity index is 547. The Morgan fingerprint density at radius 1 is 1.37 bits per heavy atom. The minimum Gasteiger partial charge on any atom is -0.242 e. The summed E-state index contributed by atoms with van der Waals surface area (Å²) in [6, 6.07) is 3.20. The quantitative estimate of drug-likeness (QED) is 0.928. The van der Waals surface area contributed by atoms with Gasteiger partial charge in [0.2, 0.25) is 0 Å². The second-order valence-electron chi connectivity index (χ2n) is 5.19. The van der Waals surface area contributed by atoms with E-state index >= 15 is 0 Å². The predicted octanol–water partition coefficient (Wildman–Crippen LogP) is 2.95. The molecule has 0 radical (unpaired) electrons. The number of hydrogen-bond donors (Lipinski definition) is 1. The highest BCUT2D eigenvalue weighted by atomic mass is 32.2. The van der Waals surface area contributed by atoms with Gasteiger partial charge in [0.1, 0.15) is 0 Å². The van der Waals surface area contributed by atoms with Crippen molar-refractivity contribution in [2.45, 2.75) is 38.5 Å². The van der Waals surface area contributed by atoms with Crippen LogP contribution in [0.25, 0.3) is 0 Å².